The van der Waals surface area contributed by atoms with E-state index in [1.54, 1.807) is 10.8 Å². The third-order valence-corrected chi connectivity index (χ3v) is 6.71. The molecule has 1 saturated heterocycles. The minimum atomic E-state index is -0.00839. The first-order valence-electron chi connectivity index (χ1n) is 12.0. The van der Waals surface area contributed by atoms with E-state index in [0.29, 0.717) is 0 Å². The first-order valence-corrected chi connectivity index (χ1v) is 12.0. The van der Waals surface area contributed by atoms with Crippen LogP contribution in [0.4, 0.5) is 0 Å². The molecule has 2 aromatic carbocycles. The lowest BCUT2D eigenvalue weighted by Gasteiger charge is -2.14. The lowest BCUT2D eigenvalue weighted by Crippen LogP contribution is -2.23. The summed E-state index contributed by atoms with van der Waals surface area (Å²) in [6.07, 6.45) is 5.52. The fourth-order valence-corrected chi connectivity index (χ4v) is 4.91. The average Bonchev–Trinajstić information content (AvgIpc) is 3.43. The molecular formula is C27H32N4O2. The fraction of sp³-hybridized carbons (Fsp3) is 0.407. The maximum atomic E-state index is 12.8. The van der Waals surface area contributed by atoms with Crippen LogP contribution in [0, 0.1) is 0 Å². The van der Waals surface area contributed by atoms with Gasteiger partial charge in [0.25, 0.3) is 0 Å². The molecule has 2 aromatic heterocycles. The number of likely N-dealkylation sites (tertiary alicyclic amines) is 1. The molecule has 0 atom stereocenters. The summed E-state index contributed by atoms with van der Waals surface area (Å²) >= 11 is 0. The van der Waals surface area contributed by atoms with Gasteiger partial charge in [0.2, 0.25) is 0 Å². The Bertz CT molecular complexity index is 1330. The summed E-state index contributed by atoms with van der Waals surface area (Å²) in [5.41, 5.74) is 4.91. The van der Waals surface area contributed by atoms with E-state index in [4.69, 9.17) is 4.74 Å². The molecule has 0 amide bonds. The van der Waals surface area contributed by atoms with Crippen LogP contribution in [-0.2, 0) is 7.05 Å². The van der Waals surface area contributed by atoms with Crippen LogP contribution in [0.5, 0.6) is 5.75 Å². The standard InChI is InChI=1S/C27H32N4O2/c1-19(2)31-26-23-17-21(9-12-24(23)28-18-25(26)29(3)27(31)32)20-7-10-22(11-8-20)33-16-6-15-30-13-4-5-14-30/h7-12,17-19H,4-6,13-16H2,1-3H3. The first kappa shape index (κ1) is 21.7. The molecule has 0 saturated carbocycles. The van der Waals surface area contributed by atoms with Crippen LogP contribution in [0.1, 0.15) is 39.2 Å². The molecule has 1 fully saturated rings. The molecule has 5 rings (SSSR count). The Hall–Kier alpha value is -3.12. The molecule has 172 valence electrons. The highest BCUT2D eigenvalue weighted by molar-refractivity contribution is 6.04. The number of ether oxygens (including phenoxy) is 1. The predicted octanol–water partition coefficient (Wildman–Crippen LogP) is 5.00. The number of benzene rings is 2. The van der Waals surface area contributed by atoms with Crippen molar-refractivity contribution in [2.75, 3.05) is 26.2 Å². The summed E-state index contributed by atoms with van der Waals surface area (Å²) < 4.78 is 9.51. The van der Waals surface area contributed by atoms with Crippen LogP contribution in [0.15, 0.2) is 53.5 Å². The van der Waals surface area contributed by atoms with E-state index in [1.165, 1.54) is 25.9 Å². The number of pyridine rings is 1. The van der Waals surface area contributed by atoms with Crippen molar-refractivity contribution < 1.29 is 4.74 Å². The second-order valence-corrected chi connectivity index (χ2v) is 9.30. The highest BCUT2D eigenvalue weighted by atomic mass is 16.5. The molecule has 0 bridgehead atoms. The third kappa shape index (κ3) is 4.15. The number of nitrogens with zero attached hydrogens (tertiary/aromatic N) is 4. The van der Waals surface area contributed by atoms with Crippen molar-refractivity contribution in [3.8, 4) is 16.9 Å². The van der Waals surface area contributed by atoms with E-state index in [-0.39, 0.29) is 11.7 Å². The summed E-state index contributed by atoms with van der Waals surface area (Å²) in [5, 5.41) is 0.999. The minimum Gasteiger partial charge on any atom is -0.494 e. The van der Waals surface area contributed by atoms with E-state index in [0.717, 1.165) is 58.4 Å². The topological polar surface area (TPSA) is 52.3 Å². The molecular weight excluding hydrogens is 412 g/mol. The third-order valence-electron chi connectivity index (χ3n) is 6.71. The molecule has 1 aliphatic heterocycles. The molecule has 33 heavy (non-hydrogen) atoms. The van der Waals surface area contributed by atoms with Crippen LogP contribution in [0.3, 0.4) is 0 Å². The van der Waals surface area contributed by atoms with Crippen LogP contribution in [-0.4, -0.2) is 45.3 Å². The Balaban J connectivity index is 1.39. The van der Waals surface area contributed by atoms with Crippen molar-refractivity contribution in [2.45, 2.75) is 39.2 Å². The molecule has 0 spiro atoms. The van der Waals surface area contributed by atoms with Crippen molar-refractivity contribution in [1.29, 1.82) is 0 Å². The summed E-state index contributed by atoms with van der Waals surface area (Å²) in [7, 11) is 1.81. The van der Waals surface area contributed by atoms with Crippen molar-refractivity contribution in [3.63, 3.8) is 0 Å². The molecule has 0 aliphatic carbocycles. The minimum absolute atomic E-state index is 0.00839. The lowest BCUT2D eigenvalue weighted by atomic mass is 10.0. The van der Waals surface area contributed by atoms with Gasteiger partial charge in [-0.1, -0.05) is 18.2 Å². The summed E-state index contributed by atoms with van der Waals surface area (Å²) in [4.78, 5) is 20.0. The molecule has 0 radical (unpaired) electrons. The van der Waals surface area contributed by atoms with Crippen LogP contribution in [0.25, 0.3) is 33.1 Å². The van der Waals surface area contributed by atoms with Crippen molar-refractivity contribution in [2.24, 2.45) is 7.05 Å². The number of hydrogen-bond donors (Lipinski definition) is 0. The Morgan fingerprint density at radius 3 is 2.48 bits per heavy atom. The number of fused-ring (bicyclic) bond motifs is 3. The molecule has 0 unspecified atom stereocenters. The van der Waals surface area contributed by atoms with Gasteiger partial charge in [0, 0.05) is 25.0 Å². The van der Waals surface area contributed by atoms with Gasteiger partial charge >= 0.3 is 5.69 Å². The zero-order chi connectivity index (χ0) is 22.9. The van der Waals surface area contributed by atoms with E-state index < -0.39 is 0 Å². The molecule has 6 nitrogen and oxygen atoms in total. The van der Waals surface area contributed by atoms with Crippen LogP contribution >= 0.6 is 0 Å². The molecule has 3 heterocycles. The molecule has 4 aromatic rings. The van der Waals surface area contributed by atoms with Gasteiger partial charge in [0.15, 0.2) is 0 Å². The Kier molecular flexibility index (Phi) is 5.94. The lowest BCUT2D eigenvalue weighted by molar-refractivity contribution is 0.263. The van der Waals surface area contributed by atoms with Crippen LogP contribution in [0.2, 0.25) is 0 Å². The van der Waals surface area contributed by atoms with Gasteiger partial charge in [-0.25, -0.2) is 4.79 Å². The number of aryl methyl sites for hydroxylation is 1. The Morgan fingerprint density at radius 1 is 1.03 bits per heavy atom. The second-order valence-electron chi connectivity index (χ2n) is 9.30. The second kappa shape index (κ2) is 9.02. The number of imidazole rings is 1. The fourth-order valence-electron chi connectivity index (χ4n) is 4.91. The van der Waals surface area contributed by atoms with Crippen molar-refractivity contribution in [1.82, 2.24) is 19.0 Å². The predicted molar refractivity (Wildman–Crippen MR) is 134 cm³/mol. The number of aromatic nitrogens is 3. The summed E-state index contributed by atoms with van der Waals surface area (Å²) in [6, 6.07) is 14.6. The van der Waals surface area contributed by atoms with Gasteiger partial charge in [-0.15, -0.1) is 0 Å². The van der Waals surface area contributed by atoms with Gasteiger partial charge in [0.1, 0.15) is 5.75 Å². The van der Waals surface area contributed by atoms with Gasteiger partial charge in [-0.3, -0.25) is 14.1 Å². The van der Waals surface area contributed by atoms with E-state index in [2.05, 4.69) is 34.1 Å². The molecule has 0 N–H and O–H groups in total. The van der Waals surface area contributed by atoms with Gasteiger partial charge < -0.3 is 9.64 Å². The van der Waals surface area contributed by atoms with Crippen LogP contribution < -0.4 is 10.4 Å². The normalized spacial score (nSPS) is 14.7. The maximum Gasteiger partial charge on any atom is 0.329 e. The van der Waals surface area contributed by atoms with Crippen molar-refractivity contribution in [3.05, 3.63) is 59.1 Å². The Morgan fingerprint density at radius 2 is 1.76 bits per heavy atom. The summed E-state index contributed by atoms with van der Waals surface area (Å²) in [6.45, 7) is 8.42. The highest BCUT2D eigenvalue weighted by Crippen LogP contribution is 2.30. The average molecular weight is 445 g/mol. The van der Waals surface area contributed by atoms with E-state index in [1.807, 2.05) is 43.7 Å². The highest BCUT2D eigenvalue weighted by Gasteiger charge is 2.17. The van der Waals surface area contributed by atoms with E-state index >= 15 is 0 Å². The smallest absolute Gasteiger partial charge is 0.329 e. The zero-order valence-corrected chi connectivity index (χ0v) is 19.8. The largest absolute Gasteiger partial charge is 0.494 e. The number of rotatable bonds is 7. The number of hydrogen-bond acceptors (Lipinski definition) is 4. The molecule has 1 aliphatic rings. The first-order chi connectivity index (χ1) is 16.0. The SMILES string of the molecule is CC(C)n1c(=O)n(C)c2cnc3ccc(-c4ccc(OCCCN5CCCC5)cc4)cc3c21. The van der Waals surface area contributed by atoms with Gasteiger partial charge in [-0.2, -0.15) is 0 Å². The van der Waals surface area contributed by atoms with Gasteiger partial charge in [-0.05, 0) is 81.6 Å². The zero-order valence-electron chi connectivity index (χ0n) is 19.8. The monoisotopic (exact) mass is 444 g/mol. The Labute approximate surface area is 194 Å². The van der Waals surface area contributed by atoms with Gasteiger partial charge in [0.05, 0.1) is 29.4 Å². The van der Waals surface area contributed by atoms with E-state index in [9.17, 15) is 4.79 Å². The van der Waals surface area contributed by atoms with Crippen molar-refractivity contribution >= 4 is 21.9 Å². The maximum absolute atomic E-state index is 12.8. The quantitative estimate of drug-likeness (QED) is 0.377. The summed E-state index contributed by atoms with van der Waals surface area (Å²) in [5.74, 6) is 0.904. The molecule has 6 heteroatoms.